The molecule has 0 aliphatic heterocycles. The molecule has 26 heavy (non-hydrogen) atoms. The standard InChI is InChI=1S/C22H16N2O2/c1-15-8-10-21(24-14-26)22(16(15)2)19-12-18(9-11-20(19)23-13-25)17-6-4-3-5-7-17/h3-12H,1-2H3. The molecule has 0 fully saturated rings. The topological polar surface area (TPSA) is 58.9 Å². The van der Waals surface area contributed by atoms with Crippen LogP contribution >= 0.6 is 0 Å². The summed E-state index contributed by atoms with van der Waals surface area (Å²) in [5, 5.41) is 0. The number of hydrogen-bond donors (Lipinski definition) is 0. The molecule has 0 saturated heterocycles. The number of carbonyl (C=O) groups excluding carboxylic acids is 2. The third-order valence-corrected chi connectivity index (χ3v) is 4.42. The van der Waals surface area contributed by atoms with Gasteiger partial charge in [0, 0.05) is 11.1 Å². The summed E-state index contributed by atoms with van der Waals surface area (Å²) in [6.07, 6.45) is 3.21. The highest BCUT2D eigenvalue weighted by molar-refractivity contribution is 5.90. The van der Waals surface area contributed by atoms with Crippen LogP contribution in [0.1, 0.15) is 11.1 Å². The molecular weight excluding hydrogens is 324 g/mol. The third kappa shape index (κ3) is 3.28. The van der Waals surface area contributed by atoms with Gasteiger partial charge in [-0.15, -0.1) is 0 Å². The van der Waals surface area contributed by atoms with Crippen LogP contribution < -0.4 is 0 Å². The second-order valence-corrected chi connectivity index (χ2v) is 5.91. The van der Waals surface area contributed by atoms with Gasteiger partial charge in [-0.3, -0.25) is 0 Å². The minimum Gasteiger partial charge on any atom is -0.211 e. The van der Waals surface area contributed by atoms with Crippen molar-refractivity contribution in [3.8, 4) is 22.3 Å². The Morgan fingerprint density at radius 3 is 2.08 bits per heavy atom. The summed E-state index contributed by atoms with van der Waals surface area (Å²) in [6, 6.07) is 19.2. The fourth-order valence-electron chi connectivity index (χ4n) is 2.98. The number of isocyanates is 2. The fraction of sp³-hybridized carbons (Fsp3) is 0.0909. The zero-order valence-corrected chi connectivity index (χ0v) is 14.5. The molecule has 0 aliphatic rings. The molecule has 0 saturated carbocycles. The smallest absolute Gasteiger partial charge is 0.211 e. The summed E-state index contributed by atoms with van der Waals surface area (Å²) in [4.78, 5) is 29.5. The van der Waals surface area contributed by atoms with Crippen LogP contribution in [0, 0.1) is 13.8 Å². The van der Waals surface area contributed by atoms with Crippen LogP contribution in [0.5, 0.6) is 0 Å². The molecular formula is C22H16N2O2. The first-order valence-corrected chi connectivity index (χ1v) is 8.11. The van der Waals surface area contributed by atoms with E-state index in [4.69, 9.17) is 0 Å². The lowest BCUT2D eigenvalue weighted by atomic mass is 9.91. The largest absolute Gasteiger partial charge is 0.240 e. The Labute approximate surface area is 151 Å². The molecule has 0 amide bonds. The Morgan fingerprint density at radius 2 is 1.38 bits per heavy atom. The van der Waals surface area contributed by atoms with Crippen LogP contribution in [0.2, 0.25) is 0 Å². The van der Waals surface area contributed by atoms with Crippen LogP contribution in [0.25, 0.3) is 22.3 Å². The van der Waals surface area contributed by atoms with Gasteiger partial charge >= 0.3 is 0 Å². The van der Waals surface area contributed by atoms with Crippen molar-refractivity contribution >= 4 is 23.5 Å². The summed E-state index contributed by atoms with van der Waals surface area (Å²) in [7, 11) is 0. The van der Waals surface area contributed by atoms with E-state index in [1.165, 1.54) is 0 Å². The molecule has 0 spiro atoms. The van der Waals surface area contributed by atoms with E-state index in [1.807, 2.05) is 62.4 Å². The molecule has 0 atom stereocenters. The number of benzene rings is 3. The first-order chi connectivity index (χ1) is 12.7. The molecule has 0 bridgehead atoms. The molecule has 4 nitrogen and oxygen atoms in total. The van der Waals surface area contributed by atoms with Crippen molar-refractivity contribution < 1.29 is 9.59 Å². The second-order valence-electron chi connectivity index (χ2n) is 5.91. The second kappa shape index (κ2) is 7.54. The Bertz CT molecular complexity index is 1060. The highest BCUT2D eigenvalue weighted by Gasteiger charge is 2.15. The van der Waals surface area contributed by atoms with Crippen LogP contribution in [0.4, 0.5) is 11.4 Å². The van der Waals surface area contributed by atoms with Crippen molar-refractivity contribution in [2.75, 3.05) is 0 Å². The molecule has 3 rings (SSSR count). The van der Waals surface area contributed by atoms with Crippen LogP contribution in [0.3, 0.4) is 0 Å². The van der Waals surface area contributed by atoms with Gasteiger partial charge in [-0.2, -0.15) is 9.98 Å². The Morgan fingerprint density at radius 1 is 0.731 bits per heavy atom. The van der Waals surface area contributed by atoms with Crippen molar-refractivity contribution in [2.45, 2.75) is 13.8 Å². The average Bonchev–Trinajstić information content (AvgIpc) is 2.67. The van der Waals surface area contributed by atoms with Gasteiger partial charge in [0.2, 0.25) is 12.2 Å². The van der Waals surface area contributed by atoms with Crippen molar-refractivity contribution in [3.63, 3.8) is 0 Å². The fourth-order valence-corrected chi connectivity index (χ4v) is 2.98. The van der Waals surface area contributed by atoms with Gasteiger partial charge in [0.25, 0.3) is 0 Å². The molecule has 0 aromatic heterocycles. The molecule has 0 aliphatic carbocycles. The zero-order chi connectivity index (χ0) is 18.5. The van der Waals surface area contributed by atoms with E-state index in [-0.39, 0.29) is 0 Å². The molecule has 0 radical (unpaired) electrons. The maximum atomic E-state index is 10.9. The number of aliphatic imine (C=N–C) groups is 2. The van der Waals surface area contributed by atoms with Crippen LogP contribution in [-0.2, 0) is 9.59 Å². The summed E-state index contributed by atoms with van der Waals surface area (Å²) >= 11 is 0. The zero-order valence-electron chi connectivity index (χ0n) is 14.5. The van der Waals surface area contributed by atoms with Gasteiger partial charge in [-0.1, -0.05) is 42.5 Å². The molecule has 0 unspecified atom stereocenters. The van der Waals surface area contributed by atoms with Gasteiger partial charge < -0.3 is 0 Å². The number of rotatable bonds is 4. The van der Waals surface area contributed by atoms with E-state index in [1.54, 1.807) is 24.3 Å². The van der Waals surface area contributed by atoms with Crippen LogP contribution in [-0.4, -0.2) is 12.2 Å². The molecule has 0 N–H and O–H groups in total. The van der Waals surface area contributed by atoms with Gasteiger partial charge in [0.1, 0.15) is 0 Å². The van der Waals surface area contributed by atoms with Crippen molar-refractivity contribution in [2.24, 2.45) is 9.98 Å². The molecule has 4 heteroatoms. The number of nitrogens with zero attached hydrogens (tertiary/aromatic N) is 2. The Kier molecular flexibility index (Phi) is 5.00. The highest BCUT2D eigenvalue weighted by Crippen LogP contribution is 2.41. The van der Waals surface area contributed by atoms with E-state index in [9.17, 15) is 9.59 Å². The van der Waals surface area contributed by atoms with Gasteiger partial charge in [-0.05, 0) is 54.3 Å². The summed E-state index contributed by atoms with van der Waals surface area (Å²) in [6.45, 7) is 3.94. The predicted molar refractivity (Wildman–Crippen MR) is 102 cm³/mol. The molecule has 0 heterocycles. The minimum atomic E-state index is 0.482. The summed E-state index contributed by atoms with van der Waals surface area (Å²) in [5.41, 5.74) is 6.51. The first-order valence-electron chi connectivity index (χ1n) is 8.11. The summed E-state index contributed by atoms with van der Waals surface area (Å²) < 4.78 is 0. The van der Waals surface area contributed by atoms with E-state index in [0.717, 1.165) is 33.4 Å². The lowest BCUT2D eigenvalue weighted by Gasteiger charge is -2.15. The maximum Gasteiger partial charge on any atom is 0.240 e. The molecule has 3 aromatic rings. The first kappa shape index (κ1) is 17.2. The number of aryl methyl sites for hydroxylation is 1. The highest BCUT2D eigenvalue weighted by atomic mass is 16.1. The minimum absolute atomic E-state index is 0.482. The quantitative estimate of drug-likeness (QED) is 0.460. The Hall–Kier alpha value is -3.58. The maximum absolute atomic E-state index is 10.9. The normalized spacial score (nSPS) is 9.92. The van der Waals surface area contributed by atoms with Crippen molar-refractivity contribution in [3.05, 3.63) is 71.8 Å². The lowest BCUT2D eigenvalue weighted by Crippen LogP contribution is -1.90. The molecule has 3 aromatic carbocycles. The monoisotopic (exact) mass is 340 g/mol. The third-order valence-electron chi connectivity index (χ3n) is 4.42. The van der Waals surface area contributed by atoms with Crippen LogP contribution in [0.15, 0.2) is 70.6 Å². The lowest BCUT2D eigenvalue weighted by molar-refractivity contribution is 0.564. The van der Waals surface area contributed by atoms with E-state index < -0.39 is 0 Å². The molecule has 126 valence electrons. The van der Waals surface area contributed by atoms with Gasteiger partial charge in [0.15, 0.2) is 0 Å². The summed E-state index contributed by atoms with van der Waals surface area (Å²) in [5.74, 6) is 0. The SMILES string of the molecule is Cc1ccc(N=C=O)c(-c2cc(-c3ccccc3)ccc2N=C=O)c1C. The van der Waals surface area contributed by atoms with Gasteiger partial charge in [-0.25, -0.2) is 9.59 Å². The van der Waals surface area contributed by atoms with E-state index >= 15 is 0 Å². The number of hydrogen-bond acceptors (Lipinski definition) is 4. The van der Waals surface area contributed by atoms with E-state index in [0.29, 0.717) is 11.4 Å². The van der Waals surface area contributed by atoms with Gasteiger partial charge in [0.05, 0.1) is 11.4 Å². The van der Waals surface area contributed by atoms with E-state index in [2.05, 4.69) is 9.98 Å². The van der Waals surface area contributed by atoms with Crippen molar-refractivity contribution in [1.29, 1.82) is 0 Å². The van der Waals surface area contributed by atoms with Crippen molar-refractivity contribution in [1.82, 2.24) is 0 Å². The average molecular weight is 340 g/mol. The predicted octanol–water partition coefficient (Wildman–Crippen LogP) is 5.57. The Balaban J connectivity index is 2.35.